The molecule has 0 aliphatic heterocycles. The molecule has 0 bridgehead atoms. The summed E-state index contributed by atoms with van der Waals surface area (Å²) in [7, 11) is 0. The molecule has 0 radical (unpaired) electrons. The molecule has 5 rings (SSSR count). The number of furan rings is 1. The van der Waals surface area contributed by atoms with Crippen molar-refractivity contribution in [2.24, 2.45) is 0 Å². The Hall–Kier alpha value is -4.59. The fourth-order valence-corrected chi connectivity index (χ4v) is 5.27. The molecule has 5 aromatic rings. The van der Waals surface area contributed by atoms with Gasteiger partial charge in [-0.2, -0.15) is 0 Å². The van der Waals surface area contributed by atoms with Gasteiger partial charge in [-0.3, -0.25) is 10.8 Å². The van der Waals surface area contributed by atoms with E-state index in [1.807, 2.05) is 76.2 Å². The van der Waals surface area contributed by atoms with Crippen molar-refractivity contribution in [2.75, 3.05) is 22.1 Å². The molecule has 0 saturated carbocycles. The van der Waals surface area contributed by atoms with E-state index in [9.17, 15) is 0 Å². The molecule has 14 heteroatoms. The van der Waals surface area contributed by atoms with Crippen molar-refractivity contribution in [3.63, 3.8) is 0 Å². The Labute approximate surface area is 269 Å². The van der Waals surface area contributed by atoms with Crippen LogP contribution in [0, 0.1) is 10.8 Å². The van der Waals surface area contributed by atoms with Crippen molar-refractivity contribution in [1.29, 1.82) is 10.8 Å². The fraction of sp³-hybridized carbons (Fsp3) is 0.200. The lowest BCUT2D eigenvalue weighted by molar-refractivity contribution is 0.243. The van der Waals surface area contributed by atoms with Crippen molar-refractivity contribution in [3.8, 4) is 34.1 Å². The molecule has 0 aliphatic rings. The normalized spacial score (nSPS) is 10.9. The second-order valence-corrected chi connectivity index (χ2v) is 11.8. The second kappa shape index (κ2) is 13.8. The Balaban J connectivity index is 0.00000442. The van der Waals surface area contributed by atoms with E-state index in [2.05, 4.69) is 20.6 Å². The molecule has 0 fully saturated rings. The van der Waals surface area contributed by atoms with Crippen LogP contribution >= 0.6 is 35.1 Å². The highest BCUT2D eigenvalue weighted by atomic mass is 35.5. The Morgan fingerprint density at radius 3 is 1.48 bits per heavy atom. The van der Waals surface area contributed by atoms with Gasteiger partial charge in [-0.05, 0) is 64.1 Å². The number of rotatable bonds is 10. The first-order valence-corrected chi connectivity index (χ1v) is 15.2. The van der Waals surface area contributed by atoms with Crippen LogP contribution in [0.15, 0.2) is 63.7 Å². The Morgan fingerprint density at radius 2 is 1.14 bits per heavy atom. The molecular formula is C30H33ClN8O3S2. The van der Waals surface area contributed by atoms with Gasteiger partial charge in [0.05, 0.1) is 23.3 Å². The van der Waals surface area contributed by atoms with Gasteiger partial charge in [0, 0.05) is 34.3 Å². The SMILES string of the molecule is CC(C)Oc1cc(NC(=N)c2csc(N)n2)ccc1-c1ccc(-c2ccc(NC(=N)c3csc(N)n3)cc2OC(C)C)o1.Cl. The van der Waals surface area contributed by atoms with Gasteiger partial charge in [0.25, 0.3) is 0 Å². The number of nitrogens with zero attached hydrogens (tertiary/aromatic N) is 2. The summed E-state index contributed by atoms with van der Waals surface area (Å²) in [6.45, 7) is 7.80. The average molecular weight is 653 g/mol. The number of amidine groups is 2. The number of ether oxygens (including phenoxy) is 2. The molecule has 2 aromatic carbocycles. The molecule has 0 atom stereocenters. The summed E-state index contributed by atoms with van der Waals surface area (Å²) in [6, 6.07) is 14.9. The third-order valence-electron chi connectivity index (χ3n) is 5.92. The summed E-state index contributed by atoms with van der Waals surface area (Å²) < 4.78 is 18.6. The molecular weight excluding hydrogens is 620 g/mol. The van der Waals surface area contributed by atoms with Crippen molar-refractivity contribution in [3.05, 3.63) is 70.7 Å². The van der Waals surface area contributed by atoms with Gasteiger partial charge in [-0.15, -0.1) is 35.1 Å². The first-order valence-electron chi connectivity index (χ1n) is 13.4. The standard InChI is InChI=1S/C30H32N8O3S2.ClH/c1-15(2)39-25-11-17(35-27(31)21-13-42-29(33)37-21)5-7-19(25)23-9-10-24(41-23)20-8-6-18(12-26(20)40-16(3)4)36-28(32)22-14-43-30(34)38-22;/h5-16H,1-4H3,(H2,31,35)(H2,32,36)(H2,33,37)(H2,34,38);1H. The number of hydrogen-bond donors (Lipinski definition) is 6. The molecule has 3 aromatic heterocycles. The number of nitrogens with two attached hydrogens (primary N) is 2. The average Bonchev–Trinajstić information content (AvgIpc) is 3.70. The quantitative estimate of drug-likeness (QED) is 0.0655. The summed E-state index contributed by atoms with van der Waals surface area (Å²) in [5.74, 6) is 2.70. The van der Waals surface area contributed by atoms with Gasteiger partial charge in [-0.1, -0.05) is 0 Å². The highest BCUT2D eigenvalue weighted by Crippen LogP contribution is 2.40. The number of benzene rings is 2. The van der Waals surface area contributed by atoms with Gasteiger partial charge < -0.3 is 36.0 Å². The maximum atomic E-state index is 8.36. The van der Waals surface area contributed by atoms with Crippen LogP contribution in [0.1, 0.15) is 39.1 Å². The fourth-order valence-electron chi connectivity index (χ4n) is 4.16. The maximum absolute atomic E-state index is 8.36. The van der Waals surface area contributed by atoms with Crippen LogP contribution in [0.4, 0.5) is 21.6 Å². The number of aromatic nitrogens is 2. The maximum Gasteiger partial charge on any atom is 0.180 e. The molecule has 0 aliphatic carbocycles. The number of halogens is 1. The van der Waals surface area contributed by atoms with Crippen molar-refractivity contribution < 1.29 is 13.9 Å². The summed E-state index contributed by atoms with van der Waals surface area (Å²) in [4.78, 5) is 8.33. The molecule has 44 heavy (non-hydrogen) atoms. The lowest BCUT2D eigenvalue weighted by Crippen LogP contribution is -2.13. The number of nitrogen functional groups attached to an aromatic ring is 2. The number of thiazole rings is 2. The highest BCUT2D eigenvalue weighted by Gasteiger charge is 2.18. The van der Waals surface area contributed by atoms with Gasteiger partial charge in [0.2, 0.25) is 0 Å². The van der Waals surface area contributed by atoms with E-state index in [0.717, 1.165) is 11.1 Å². The first-order chi connectivity index (χ1) is 20.5. The number of anilines is 4. The van der Waals surface area contributed by atoms with E-state index in [1.54, 1.807) is 10.8 Å². The molecule has 3 heterocycles. The van der Waals surface area contributed by atoms with Crippen LogP contribution in [0.3, 0.4) is 0 Å². The zero-order chi connectivity index (χ0) is 30.7. The summed E-state index contributed by atoms with van der Waals surface area (Å²) in [6.07, 6.45) is -0.182. The Bertz CT molecular complexity index is 1650. The largest absolute Gasteiger partial charge is 0.490 e. The Kier molecular flexibility index (Phi) is 10.1. The zero-order valence-corrected chi connectivity index (χ0v) is 26.9. The van der Waals surface area contributed by atoms with Crippen LogP contribution in [-0.4, -0.2) is 33.8 Å². The van der Waals surface area contributed by atoms with E-state index < -0.39 is 0 Å². The molecule has 0 amide bonds. The lowest BCUT2D eigenvalue weighted by Gasteiger charge is -2.16. The van der Waals surface area contributed by atoms with E-state index in [0.29, 0.717) is 56.0 Å². The topological polar surface area (TPSA) is 181 Å². The zero-order valence-electron chi connectivity index (χ0n) is 24.4. The van der Waals surface area contributed by atoms with E-state index in [1.165, 1.54) is 22.7 Å². The van der Waals surface area contributed by atoms with Crippen LogP contribution < -0.4 is 31.6 Å². The monoisotopic (exact) mass is 652 g/mol. The third-order valence-corrected chi connectivity index (χ3v) is 7.27. The van der Waals surface area contributed by atoms with Gasteiger partial charge >= 0.3 is 0 Å². The predicted octanol–water partition coefficient (Wildman–Crippen LogP) is 7.56. The van der Waals surface area contributed by atoms with E-state index >= 15 is 0 Å². The molecule has 11 nitrogen and oxygen atoms in total. The van der Waals surface area contributed by atoms with Gasteiger partial charge in [0.15, 0.2) is 10.3 Å². The van der Waals surface area contributed by atoms with Crippen molar-refractivity contribution in [2.45, 2.75) is 39.9 Å². The van der Waals surface area contributed by atoms with Crippen LogP contribution in [0.5, 0.6) is 11.5 Å². The van der Waals surface area contributed by atoms with E-state index in [-0.39, 0.29) is 36.3 Å². The van der Waals surface area contributed by atoms with Crippen molar-refractivity contribution in [1.82, 2.24) is 9.97 Å². The minimum Gasteiger partial charge on any atom is -0.490 e. The van der Waals surface area contributed by atoms with Crippen molar-refractivity contribution >= 4 is 68.4 Å². The molecule has 8 N–H and O–H groups in total. The van der Waals surface area contributed by atoms with Gasteiger partial charge in [0.1, 0.15) is 46.1 Å². The number of nitrogens with one attached hydrogen (secondary N) is 4. The minimum absolute atomic E-state index is 0. The smallest absolute Gasteiger partial charge is 0.180 e. The summed E-state index contributed by atoms with van der Waals surface area (Å²) in [5, 5.41) is 27.1. The molecule has 0 spiro atoms. The lowest BCUT2D eigenvalue weighted by atomic mass is 10.1. The summed E-state index contributed by atoms with van der Waals surface area (Å²) in [5.41, 5.74) is 15.3. The van der Waals surface area contributed by atoms with E-state index in [4.69, 9.17) is 36.2 Å². The predicted molar refractivity (Wildman–Crippen MR) is 182 cm³/mol. The van der Waals surface area contributed by atoms with Crippen LogP contribution in [0.25, 0.3) is 22.6 Å². The first kappa shape index (κ1) is 32.3. The molecule has 0 unspecified atom stereocenters. The molecule has 230 valence electrons. The highest BCUT2D eigenvalue weighted by molar-refractivity contribution is 7.14. The number of hydrogen-bond acceptors (Lipinski definition) is 11. The van der Waals surface area contributed by atoms with Gasteiger partial charge in [-0.25, -0.2) is 9.97 Å². The molecule has 0 saturated heterocycles. The minimum atomic E-state index is -0.0910. The summed E-state index contributed by atoms with van der Waals surface area (Å²) >= 11 is 2.57. The Morgan fingerprint density at radius 1 is 0.727 bits per heavy atom. The van der Waals surface area contributed by atoms with Crippen LogP contribution in [0.2, 0.25) is 0 Å². The van der Waals surface area contributed by atoms with Crippen LogP contribution in [-0.2, 0) is 0 Å². The second-order valence-electron chi connectivity index (χ2n) is 10.1. The third kappa shape index (κ3) is 7.67.